The van der Waals surface area contributed by atoms with Gasteiger partial charge in [0.25, 0.3) is 0 Å². The van der Waals surface area contributed by atoms with E-state index in [2.05, 4.69) is 81.5 Å². The first-order valence-corrected chi connectivity index (χ1v) is 25.8. The molecule has 0 saturated heterocycles. The summed E-state index contributed by atoms with van der Waals surface area (Å²) in [5, 5.41) is 0. The van der Waals surface area contributed by atoms with Crippen molar-refractivity contribution in [3.8, 4) is 0 Å². The Morgan fingerprint density at radius 3 is 1.00 bits per heavy atom. The Morgan fingerprint density at radius 1 is 0.328 bits per heavy atom. The first kappa shape index (κ1) is 58.1. The van der Waals surface area contributed by atoms with Crippen molar-refractivity contribution in [2.24, 2.45) is 0 Å². The zero-order valence-corrected chi connectivity index (χ0v) is 40.2. The zero-order valence-electron chi connectivity index (χ0n) is 40.2. The quantitative estimate of drug-likeness (QED) is 0.0263. The molecule has 6 heteroatoms. The van der Waals surface area contributed by atoms with Gasteiger partial charge in [-0.25, -0.2) is 0 Å². The van der Waals surface area contributed by atoms with Crippen LogP contribution in [0.1, 0.15) is 252 Å². The summed E-state index contributed by atoms with van der Waals surface area (Å²) >= 11 is 0. The number of unbranched alkanes of at least 4 members (excludes halogenated alkanes) is 25. The monoisotopic (exact) mass is 853 g/mol. The summed E-state index contributed by atoms with van der Waals surface area (Å²) < 4.78 is 16.7. The van der Waals surface area contributed by atoms with Crippen LogP contribution in [-0.4, -0.2) is 37.2 Å². The van der Waals surface area contributed by atoms with Gasteiger partial charge in [0.15, 0.2) is 6.10 Å². The van der Waals surface area contributed by atoms with E-state index in [1.807, 2.05) is 0 Å². The van der Waals surface area contributed by atoms with Crippen molar-refractivity contribution in [2.45, 2.75) is 258 Å². The number of rotatable bonds is 46. The second-order valence-electron chi connectivity index (χ2n) is 17.1. The third-order valence-corrected chi connectivity index (χ3v) is 11.0. The molecule has 0 amide bonds. The molecule has 61 heavy (non-hydrogen) atoms. The van der Waals surface area contributed by atoms with E-state index >= 15 is 0 Å². The Morgan fingerprint density at radius 2 is 0.607 bits per heavy atom. The summed E-state index contributed by atoms with van der Waals surface area (Å²) in [6, 6.07) is 0. The standard InChI is InChI=1S/C55H96O6/c1-4-7-10-13-16-19-22-25-26-27-28-31-33-36-39-42-45-48-54(57)60-51-52(61-55(58)49-46-43-40-37-34-30-24-21-18-15-12-9-6-3)50-59-53(56)47-44-41-38-35-32-29-23-20-17-14-11-8-5-2/h25-26,28-32,34,36,39,52H,4-24,27,33,35,37-38,40-51H2,1-3H3/b26-25-,31-28-,32-29-,34-30-,39-36-. The van der Waals surface area contributed by atoms with Gasteiger partial charge in [0, 0.05) is 19.3 Å². The number of esters is 3. The molecule has 352 valence electrons. The van der Waals surface area contributed by atoms with Gasteiger partial charge in [-0.2, -0.15) is 0 Å². The largest absolute Gasteiger partial charge is 0.462 e. The van der Waals surface area contributed by atoms with Crippen molar-refractivity contribution < 1.29 is 28.6 Å². The number of hydrogen-bond donors (Lipinski definition) is 0. The molecule has 6 nitrogen and oxygen atoms in total. The predicted octanol–water partition coefficient (Wildman–Crippen LogP) is 16.9. The first-order chi connectivity index (χ1) is 30.0. The molecule has 0 rings (SSSR count). The maximum absolute atomic E-state index is 12.8. The van der Waals surface area contributed by atoms with E-state index in [0.29, 0.717) is 19.3 Å². The van der Waals surface area contributed by atoms with Crippen molar-refractivity contribution in [3.63, 3.8) is 0 Å². The van der Waals surface area contributed by atoms with Crippen molar-refractivity contribution >= 4 is 17.9 Å². The van der Waals surface area contributed by atoms with Crippen molar-refractivity contribution in [3.05, 3.63) is 60.8 Å². The Hall–Kier alpha value is -2.89. The molecule has 0 aromatic rings. The highest BCUT2D eigenvalue weighted by atomic mass is 16.6. The summed E-state index contributed by atoms with van der Waals surface area (Å²) in [7, 11) is 0. The maximum atomic E-state index is 12.8. The van der Waals surface area contributed by atoms with Crippen LogP contribution in [0.3, 0.4) is 0 Å². The molecule has 0 heterocycles. The molecule has 1 atom stereocenters. The van der Waals surface area contributed by atoms with E-state index in [-0.39, 0.29) is 37.5 Å². The average molecular weight is 853 g/mol. The first-order valence-electron chi connectivity index (χ1n) is 25.8. The predicted molar refractivity (Wildman–Crippen MR) is 261 cm³/mol. The van der Waals surface area contributed by atoms with Gasteiger partial charge in [0.1, 0.15) is 13.2 Å². The fourth-order valence-corrected chi connectivity index (χ4v) is 7.03. The van der Waals surface area contributed by atoms with Crippen LogP contribution >= 0.6 is 0 Å². The lowest BCUT2D eigenvalue weighted by molar-refractivity contribution is -0.167. The van der Waals surface area contributed by atoms with E-state index in [9.17, 15) is 14.4 Å². The molecule has 0 radical (unpaired) electrons. The molecule has 0 saturated carbocycles. The van der Waals surface area contributed by atoms with Crippen molar-refractivity contribution in [1.82, 2.24) is 0 Å². The number of allylic oxidation sites excluding steroid dienone is 10. The van der Waals surface area contributed by atoms with E-state index in [1.165, 1.54) is 122 Å². The highest BCUT2D eigenvalue weighted by Gasteiger charge is 2.19. The van der Waals surface area contributed by atoms with E-state index in [4.69, 9.17) is 14.2 Å². The lowest BCUT2D eigenvalue weighted by atomic mass is 10.1. The van der Waals surface area contributed by atoms with Gasteiger partial charge in [-0.15, -0.1) is 0 Å². The molecule has 1 unspecified atom stereocenters. The second kappa shape index (κ2) is 49.8. The fourth-order valence-electron chi connectivity index (χ4n) is 7.03. The van der Waals surface area contributed by atoms with Gasteiger partial charge in [-0.05, 0) is 103 Å². The minimum Gasteiger partial charge on any atom is -0.462 e. The summed E-state index contributed by atoms with van der Waals surface area (Å²) in [6.07, 6.45) is 60.7. The van der Waals surface area contributed by atoms with Crippen LogP contribution in [0.5, 0.6) is 0 Å². The van der Waals surface area contributed by atoms with Crippen LogP contribution in [0.25, 0.3) is 0 Å². The molecule has 0 aromatic heterocycles. The van der Waals surface area contributed by atoms with E-state index in [1.54, 1.807) is 0 Å². The molecule has 0 aliphatic carbocycles. The Balaban J connectivity index is 4.48. The Bertz CT molecular complexity index is 1120. The lowest BCUT2D eigenvalue weighted by Crippen LogP contribution is -2.30. The minimum absolute atomic E-state index is 0.104. The zero-order chi connectivity index (χ0) is 44.4. The van der Waals surface area contributed by atoms with Crippen LogP contribution < -0.4 is 0 Å². The normalized spacial score (nSPS) is 12.5. The maximum Gasteiger partial charge on any atom is 0.306 e. The minimum atomic E-state index is -0.806. The van der Waals surface area contributed by atoms with Gasteiger partial charge in [0.2, 0.25) is 0 Å². The SMILES string of the molecule is CCCCCCCC/C=C\C/C=C\C/C=C\CCCC(=O)OCC(COC(=O)CCCCC/C=C\CCCCCCCC)OC(=O)CCCCC/C=C\CCCCCCCC. The summed E-state index contributed by atoms with van der Waals surface area (Å²) in [5.41, 5.74) is 0. The summed E-state index contributed by atoms with van der Waals surface area (Å²) in [6.45, 7) is 6.55. The van der Waals surface area contributed by atoms with E-state index < -0.39 is 6.10 Å². The van der Waals surface area contributed by atoms with E-state index in [0.717, 1.165) is 83.5 Å². The summed E-state index contributed by atoms with van der Waals surface area (Å²) in [4.78, 5) is 37.9. The molecular weight excluding hydrogens is 757 g/mol. The lowest BCUT2D eigenvalue weighted by Gasteiger charge is -2.18. The summed E-state index contributed by atoms with van der Waals surface area (Å²) in [5.74, 6) is -0.986. The molecule has 0 aliphatic heterocycles. The number of ether oxygens (including phenoxy) is 3. The van der Waals surface area contributed by atoms with Crippen LogP contribution in [0, 0.1) is 0 Å². The highest BCUT2D eigenvalue weighted by molar-refractivity contribution is 5.71. The van der Waals surface area contributed by atoms with Gasteiger partial charge < -0.3 is 14.2 Å². The molecule has 0 fully saturated rings. The van der Waals surface area contributed by atoms with Crippen LogP contribution in [0.4, 0.5) is 0 Å². The van der Waals surface area contributed by atoms with Gasteiger partial charge >= 0.3 is 17.9 Å². The Kier molecular flexibility index (Phi) is 47.4. The third-order valence-electron chi connectivity index (χ3n) is 11.0. The second-order valence-corrected chi connectivity index (χ2v) is 17.1. The number of carbonyl (C=O) groups excluding carboxylic acids is 3. The Labute approximate surface area is 377 Å². The number of hydrogen-bond acceptors (Lipinski definition) is 6. The highest BCUT2D eigenvalue weighted by Crippen LogP contribution is 2.13. The van der Waals surface area contributed by atoms with Gasteiger partial charge in [0.05, 0.1) is 0 Å². The molecule has 0 spiro atoms. The average Bonchev–Trinajstić information content (AvgIpc) is 3.26. The third kappa shape index (κ3) is 48.0. The molecule has 0 aromatic carbocycles. The molecule has 0 bridgehead atoms. The number of carbonyl (C=O) groups is 3. The van der Waals surface area contributed by atoms with Crippen LogP contribution in [0.15, 0.2) is 60.8 Å². The smallest absolute Gasteiger partial charge is 0.306 e. The van der Waals surface area contributed by atoms with Crippen LogP contribution in [-0.2, 0) is 28.6 Å². The van der Waals surface area contributed by atoms with Crippen molar-refractivity contribution in [2.75, 3.05) is 13.2 Å². The fraction of sp³-hybridized carbons (Fsp3) is 0.764. The molecule has 0 N–H and O–H groups in total. The van der Waals surface area contributed by atoms with Crippen LogP contribution in [0.2, 0.25) is 0 Å². The molecular formula is C55H96O6. The van der Waals surface area contributed by atoms with Gasteiger partial charge in [-0.1, -0.05) is 191 Å². The topological polar surface area (TPSA) is 78.9 Å². The van der Waals surface area contributed by atoms with Gasteiger partial charge in [-0.3, -0.25) is 14.4 Å². The van der Waals surface area contributed by atoms with Crippen molar-refractivity contribution in [1.29, 1.82) is 0 Å². The molecule has 0 aliphatic rings.